The Morgan fingerprint density at radius 1 is 1.26 bits per heavy atom. The van der Waals surface area contributed by atoms with Crippen molar-refractivity contribution in [1.82, 2.24) is 0 Å². The van der Waals surface area contributed by atoms with Gasteiger partial charge < -0.3 is 9.64 Å². The number of carbonyl (C=O) groups is 2. The standard InChI is InChI=1S/C18H19NO3S/c1-11-10-14-6-4-5-7-15(14)19(11)17(20)13(3)22-18(21)16-9-8-12(2)23-16/h4-9,11,13H,10H2,1-3H3/t11-,13-/m0/s1. The van der Waals surface area contributed by atoms with Crippen molar-refractivity contribution < 1.29 is 14.3 Å². The summed E-state index contributed by atoms with van der Waals surface area (Å²) in [7, 11) is 0. The largest absolute Gasteiger partial charge is 0.448 e. The van der Waals surface area contributed by atoms with Crippen molar-refractivity contribution in [3.05, 3.63) is 51.7 Å². The van der Waals surface area contributed by atoms with Crippen molar-refractivity contribution >= 4 is 28.9 Å². The molecule has 0 saturated heterocycles. The van der Waals surface area contributed by atoms with Crippen LogP contribution in [0.3, 0.4) is 0 Å². The first-order chi connectivity index (χ1) is 11.0. The number of hydrogen-bond acceptors (Lipinski definition) is 4. The molecule has 5 heteroatoms. The third kappa shape index (κ3) is 3.01. The molecule has 0 N–H and O–H groups in total. The Morgan fingerprint density at radius 2 is 2.00 bits per heavy atom. The molecule has 1 amide bonds. The third-order valence-corrected chi connectivity index (χ3v) is 5.00. The number of para-hydroxylation sites is 1. The van der Waals surface area contributed by atoms with Gasteiger partial charge in [-0.3, -0.25) is 4.79 Å². The average Bonchev–Trinajstić information content (AvgIpc) is 3.09. The highest BCUT2D eigenvalue weighted by atomic mass is 32.1. The highest BCUT2D eigenvalue weighted by Crippen LogP contribution is 2.32. The van der Waals surface area contributed by atoms with E-state index in [1.165, 1.54) is 11.3 Å². The van der Waals surface area contributed by atoms with E-state index < -0.39 is 12.1 Å². The summed E-state index contributed by atoms with van der Waals surface area (Å²) in [6, 6.07) is 11.5. The Morgan fingerprint density at radius 3 is 2.70 bits per heavy atom. The summed E-state index contributed by atoms with van der Waals surface area (Å²) < 4.78 is 5.37. The molecule has 2 heterocycles. The number of thiophene rings is 1. The summed E-state index contributed by atoms with van der Waals surface area (Å²) in [5, 5.41) is 0. The van der Waals surface area contributed by atoms with Gasteiger partial charge in [-0.15, -0.1) is 11.3 Å². The zero-order chi connectivity index (χ0) is 16.6. The van der Waals surface area contributed by atoms with Gasteiger partial charge in [0.05, 0.1) is 0 Å². The predicted octanol–water partition coefficient (Wildman–Crippen LogP) is 3.58. The summed E-state index contributed by atoms with van der Waals surface area (Å²) in [6.07, 6.45) is 0.0192. The van der Waals surface area contributed by atoms with E-state index in [1.807, 2.05) is 44.2 Å². The van der Waals surface area contributed by atoms with Gasteiger partial charge in [0.2, 0.25) is 0 Å². The SMILES string of the molecule is Cc1ccc(C(=O)O[C@@H](C)C(=O)N2c3ccccc3C[C@@H]2C)s1. The number of anilines is 1. The van der Waals surface area contributed by atoms with Crippen LogP contribution in [0.5, 0.6) is 0 Å². The van der Waals surface area contributed by atoms with E-state index >= 15 is 0 Å². The van der Waals surface area contributed by atoms with E-state index in [0.29, 0.717) is 4.88 Å². The maximum absolute atomic E-state index is 12.7. The smallest absolute Gasteiger partial charge is 0.349 e. The number of carbonyl (C=O) groups excluding carboxylic acids is 2. The summed E-state index contributed by atoms with van der Waals surface area (Å²) in [5.41, 5.74) is 2.07. The van der Waals surface area contributed by atoms with E-state index in [4.69, 9.17) is 4.74 Å². The molecule has 1 aromatic carbocycles. The average molecular weight is 329 g/mol. The van der Waals surface area contributed by atoms with Crippen LogP contribution in [0.15, 0.2) is 36.4 Å². The lowest BCUT2D eigenvalue weighted by Crippen LogP contribution is -2.43. The fourth-order valence-corrected chi connectivity index (χ4v) is 3.66. The highest BCUT2D eigenvalue weighted by Gasteiger charge is 2.34. The van der Waals surface area contributed by atoms with Crippen LogP contribution in [0.25, 0.3) is 0 Å². The zero-order valence-corrected chi connectivity index (χ0v) is 14.2. The van der Waals surface area contributed by atoms with Crippen LogP contribution in [0, 0.1) is 6.92 Å². The number of ether oxygens (including phenoxy) is 1. The molecule has 0 fully saturated rings. The molecule has 23 heavy (non-hydrogen) atoms. The van der Waals surface area contributed by atoms with Gasteiger partial charge in [-0.05, 0) is 51.0 Å². The zero-order valence-electron chi connectivity index (χ0n) is 13.4. The minimum Gasteiger partial charge on any atom is -0.448 e. The van der Waals surface area contributed by atoms with Crippen molar-refractivity contribution in [1.29, 1.82) is 0 Å². The van der Waals surface area contributed by atoms with Crippen LogP contribution in [-0.2, 0) is 16.0 Å². The number of rotatable bonds is 3. The second-order valence-corrected chi connectivity index (χ2v) is 7.14. The minimum absolute atomic E-state index is 0.0741. The van der Waals surface area contributed by atoms with Crippen LogP contribution in [-0.4, -0.2) is 24.0 Å². The molecule has 3 rings (SSSR count). The fraction of sp³-hybridized carbons (Fsp3) is 0.333. The lowest BCUT2D eigenvalue weighted by Gasteiger charge is -2.25. The quantitative estimate of drug-likeness (QED) is 0.809. The highest BCUT2D eigenvalue weighted by molar-refractivity contribution is 7.13. The van der Waals surface area contributed by atoms with Gasteiger partial charge in [0.25, 0.3) is 5.91 Å². The molecule has 120 valence electrons. The van der Waals surface area contributed by atoms with Crippen molar-refractivity contribution in [3.63, 3.8) is 0 Å². The second kappa shape index (κ2) is 6.16. The number of nitrogens with zero attached hydrogens (tertiary/aromatic N) is 1. The first kappa shape index (κ1) is 15.7. The molecule has 0 bridgehead atoms. The topological polar surface area (TPSA) is 46.6 Å². The lowest BCUT2D eigenvalue weighted by atomic mass is 10.1. The maximum atomic E-state index is 12.7. The molecule has 1 aromatic heterocycles. The van der Waals surface area contributed by atoms with Gasteiger partial charge in [0.15, 0.2) is 6.10 Å². The molecular weight excluding hydrogens is 310 g/mol. The van der Waals surface area contributed by atoms with E-state index in [1.54, 1.807) is 17.9 Å². The first-order valence-electron chi connectivity index (χ1n) is 7.65. The van der Waals surface area contributed by atoms with Gasteiger partial charge in [0, 0.05) is 16.6 Å². The Hall–Kier alpha value is -2.14. The van der Waals surface area contributed by atoms with Crippen LogP contribution in [0.1, 0.15) is 34.0 Å². The monoisotopic (exact) mass is 329 g/mol. The molecule has 2 aromatic rings. The van der Waals surface area contributed by atoms with Crippen LogP contribution >= 0.6 is 11.3 Å². The minimum atomic E-state index is -0.807. The van der Waals surface area contributed by atoms with E-state index in [-0.39, 0.29) is 11.9 Å². The predicted molar refractivity (Wildman–Crippen MR) is 91.0 cm³/mol. The van der Waals surface area contributed by atoms with Crippen LogP contribution in [0.2, 0.25) is 0 Å². The maximum Gasteiger partial charge on any atom is 0.349 e. The fourth-order valence-electron chi connectivity index (χ4n) is 2.91. The van der Waals surface area contributed by atoms with Gasteiger partial charge in [0.1, 0.15) is 4.88 Å². The summed E-state index contributed by atoms with van der Waals surface area (Å²) in [4.78, 5) is 28.2. The molecule has 0 unspecified atom stereocenters. The molecule has 0 spiro atoms. The number of hydrogen-bond donors (Lipinski definition) is 0. The van der Waals surface area contributed by atoms with Gasteiger partial charge in [-0.1, -0.05) is 18.2 Å². The number of esters is 1. The summed E-state index contributed by atoms with van der Waals surface area (Å²) >= 11 is 1.37. The van der Waals surface area contributed by atoms with E-state index in [0.717, 1.165) is 22.5 Å². The Balaban J connectivity index is 1.74. The summed E-state index contributed by atoms with van der Waals surface area (Å²) in [5.74, 6) is -0.617. The van der Waals surface area contributed by atoms with Crippen molar-refractivity contribution in [2.75, 3.05) is 4.90 Å². The van der Waals surface area contributed by atoms with Crippen LogP contribution in [0.4, 0.5) is 5.69 Å². The molecule has 2 atom stereocenters. The molecule has 0 radical (unpaired) electrons. The molecule has 1 aliphatic heterocycles. The van der Waals surface area contributed by atoms with Crippen molar-refractivity contribution in [2.24, 2.45) is 0 Å². The van der Waals surface area contributed by atoms with E-state index in [2.05, 4.69) is 0 Å². The Bertz CT molecular complexity index is 752. The van der Waals surface area contributed by atoms with E-state index in [9.17, 15) is 9.59 Å². The normalized spacial score (nSPS) is 17.7. The van der Waals surface area contributed by atoms with Gasteiger partial charge in [-0.2, -0.15) is 0 Å². The summed E-state index contributed by atoms with van der Waals surface area (Å²) in [6.45, 7) is 5.57. The first-order valence-corrected chi connectivity index (χ1v) is 8.47. The Kier molecular flexibility index (Phi) is 4.22. The molecule has 1 aliphatic rings. The number of benzene rings is 1. The Labute approximate surface area is 139 Å². The van der Waals surface area contributed by atoms with Crippen molar-refractivity contribution in [3.8, 4) is 0 Å². The lowest BCUT2D eigenvalue weighted by molar-refractivity contribution is -0.126. The van der Waals surface area contributed by atoms with Gasteiger partial charge >= 0.3 is 5.97 Å². The number of amides is 1. The number of fused-ring (bicyclic) bond motifs is 1. The van der Waals surface area contributed by atoms with Crippen LogP contribution < -0.4 is 4.90 Å². The second-order valence-electron chi connectivity index (χ2n) is 5.85. The molecular formula is C18H19NO3S. The van der Waals surface area contributed by atoms with Crippen molar-refractivity contribution in [2.45, 2.75) is 39.3 Å². The molecule has 0 saturated carbocycles. The molecule has 4 nitrogen and oxygen atoms in total. The third-order valence-electron chi connectivity index (χ3n) is 4.02. The van der Waals surface area contributed by atoms with Gasteiger partial charge in [-0.25, -0.2) is 4.79 Å². The number of aryl methyl sites for hydroxylation is 1. The molecule has 0 aliphatic carbocycles.